The van der Waals surface area contributed by atoms with Gasteiger partial charge in [0, 0.05) is 47.2 Å². The van der Waals surface area contributed by atoms with E-state index in [-0.39, 0.29) is 12.6 Å². The summed E-state index contributed by atoms with van der Waals surface area (Å²) in [4.78, 5) is 15.9. The van der Waals surface area contributed by atoms with E-state index in [0.29, 0.717) is 38.5 Å². The number of halogens is 3. The van der Waals surface area contributed by atoms with E-state index in [1.807, 2.05) is 61.4 Å². The van der Waals surface area contributed by atoms with Gasteiger partial charge in [0.2, 0.25) is 0 Å². The van der Waals surface area contributed by atoms with Crippen LogP contribution in [0.2, 0.25) is 0 Å². The monoisotopic (exact) mass is 525 g/mol. The quantitative estimate of drug-likeness (QED) is 0.475. The van der Waals surface area contributed by atoms with E-state index >= 15 is 8.78 Å². The summed E-state index contributed by atoms with van der Waals surface area (Å²) in [5, 5.41) is 0.977. The maximum Gasteiger partial charge on any atom is 0.410 e. The number of hydrogen-bond donors (Lipinski definition) is 0. The molecule has 3 heterocycles. The predicted molar refractivity (Wildman–Crippen MR) is 130 cm³/mol. The van der Waals surface area contributed by atoms with Crippen molar-refractivity contribution in [2.45, 2.75) is 64.5 Å². The second-order valence-electron chi connectivity index (χ2n) is 10.5. The van der Waals surface area contributed by atoms with Crippen LogP contribution >= 0.6 is 15.9 Å². The molecule has 0 radical (unpaired) electrons. The topological polar surface area (TPSA) is 37.7 Å². The molecule has 2 aliphatic rings. The number of amides is 1. The molecule has 1 aromatic heterocycles. The van der Waals surface area contributed by atoms with Gasteiger partial charge in [0.1, 0.15) is 11.6 Å². The van der Waals surface area contributed by atoms with Gasteiger partial charge in [-0.15, -0.1) is 0 Å². The van der Waals surface area contributed by atoms with Crippen molar-refractivity contribution in [3.63, 3.8) is 0 Å². The summed E-state index contributed by atoms with van der Waals surface area (Å²) in [6.07, 6.45) is 1.77. The molecule has 5 nitrogen and oxygen atoms in total. The van der Waals surface area contributed by atoms with Crippen LogP contribution < -0.4 is 0 Å². The van der Waals surface area contributed by atoms with Gasteiger partial charge in [-0.2, -0.15) is 0 Å². The largest absolute Gasteiger partial charge is 0.444 e. The highest BCUT2D eigenvalue weighted by atomic mass is 79.9. The van der Waals surface area contributed by atoms with Crippen molar-refractivity contribution < 1.29 is 18.3 Å². The average Bonchev–Trinajstić information content (AvgIpc) is 3.04. The summed E-state index contributed by atoms with van der Waals surface area (Å²) in [5.41, 5.74) is 1.21. The van der Waals surface area contributed by atoms with Crippen LogP contribution in [0.4, 0.5) is 13.6 Å². The Morgan fingerprint density at radius 3 is 2.52 bits per heavy atom. The molecule has 0 bridgehead atoms. The Morgan fingerprint density at radius 2 is 1.88 bits per heavy atom. The summed E-state index contributed by atoms with van der Waals surface area (Å²) < 4.78 is 39.1. The van der Waals surface area contributed by atoms with Crippen molar-refractivity contribution in [1.82, 2.24) is 14.4 Å². The lowest BCUT2D eigenvalue weighted by Crippen LogP contribution is -2.51. The smallest absolute Gasteiger partial charge is 0.410 e. The molecular weight excluding hydrogens is 492 g/mol. The van der Waals surface area contributed by atoms with Crippen LogP contribution in [0.5, 0.6) is 0 Å². The van der Waals surface area contributed by atoms with E-state index in [1.165, 1.54) is 0 Å². The lowest BCUT2D eigenvalue weighted by molar-refractivity contribution is -0.106. The van der Waals surface area contributed by atoms with E-state index in [1.54, 1.807) is 4.90 Å². The third kappa shape index (κ3) is 5.37. The minimum Gasteiger partial charge on any atom is -0.444 e. The first-order valence-electron chi connectivity index (χ1n) is 11.8. The Bertz CT molecular complexity index is 1010. The van der Waals surface area contributed by atoms with Crippen LogP contribution in [0.25, 0.3) is 10.9 Å². The molecule has 0 aliphatic carbocycles. The van der Waals surface area contributed by atoms with Crippen molar-refractivity contribution >= 4 is 32.9 Å². The normalized spacial score (nSPS) is 22.6. The van der Waals surface area contributed by atoms with Gasteiger partial charge >= 0.3 is 6.09 Å². The number of rotatable bonds is 3. The fraction of sp³-hybridized carbons (Fsp3) is 0.640. The first kappa shape index (κ1) is 24.5. The Hall–Kier alpha value is -1.67. The number of ether oxygens (including phenoxy) is 1. The Balaban J connectivity index is 1.37. The molecule has 1 amide bonds. The first-order chi connectivity index (χ1) is 15.4. The second kappa shape index (κ2) is 9.17. The Labute approximate surface area is 203 Å². The highest BCUT2D eigenvalue weighted by Gasteiger charge is 2.46. The van der Waals surface area contributed by atoms with Crippen molar-refractivity contribution in [2.24, 2.45) is 5.92 Å². The van der Waals surface area contributed by atoms with Gasteiger partial charge in [-0.25, -0.2) is 13.6 Å². The van der Waals surface area contributed by atoms with Gasteiger partial charge in [-0.05, 0) is 71.1 Å². The molecule has 4 rings (SSSR count). The lowest BCUT2D eigenvalue weighted by atomic mass is 9.93. The number of hydrogen-bond acceptors (Lipinski definition) is 3. The summed E-state index contributed by atoms with van der Waals surface area (Å²) in [6, 6.07) is 6.92. The third-order valence-electron chi connectivity index (χ3n) is 6.76. The number of alkyl halides is 2. The van der Waals surface area contributed by atoms with Crippen molar-refractivity contribution in [3.8, 4) is 0 Å². The molecule has 2 aromatic rings. The van der Waals surface area contributed by atoms with Crippen molar-refractivity contribution in [3.05, 3.63) is 34.4 Å². The molecule has 2 aliphatic heterocycles. The van der Waals surface area contributed by atoms with Gasteiger partial charge in [-0.1, -0.05) is 22.0 Å². The molecule has 33 heavy (non-hydrogen) atoms. The molecule has 0 saturated carbocycles. The molecule has 1 aromatic carbocycles. The third-order valence-corrected chi connectivity index (χ3v) is 7.45. The van der Waals surface area contributed by atoms with Gasteiger partial charge in [0.15, 0.2) is 0 Å². The number of aromatic nitrogens is 1. The standard InChI is InChI=1S/C25H34BrF2N3O2/c1-17-14-19-20(26)6-5-7-21(19)31(17)22-10-11-29(16-25(22,27)28)15-18-8-12-30(13-9-18)23(32)33-24(2,3)4/h5-7,14,18,22H,8-13,15-16H2,1-4H3/t22-/m1/s1. The summed E-state index contributed by atoms with van der Waals surface area (Å²) in [7, 11) is 0. The number of carbonyl (C=O) groups is 1. The number of carbonyl (C=O) groups excluding carboxylic acids is 1. The van der Waals surface area contributed by atoms with Gasteiger partial charge in [0.05, 0.1) is 6.54 Å². The fourth-order valence-corrected chi connectivity index (χ4v) is 5.69. The highest BCUT2D eigenvalue weighted by Crippen LogP contribution is 2.41. The van der Waals surface area contributed by atoms with Gasteiger partial charge in [0.25, 0.3) is 5.92 Å². The molecule has 2 saturated heterocycles. The van der Waals surface area contributed by atoms with E-state index in [9.17, 15) is 4.79 Å². The molecule has 0 N–H and O–H groups in total. The SMILES string of the molecule is Cc1cc2c(Br)cccc2n1[C@@H]1CCN(CC2CCN(C(=O)OC(C)(C)C)CC2)CC1(F)F. The number of nitrogens with zero attached hydrogens (tertiary/aromatic N) is 3. The minimum atomic E-state index is -2.81. The average molecular weight is 526 g/mol. The zero-order chi connectivity index (χ0) is 24.0. The van der Waals surface area contributed by atoms with Crippen LogP contribution in [0.1, 0.15) is 51.8 Å². The minimum absolute atomic E-state index is 0.225. The Kier molecular flexibility index (Phi) is 6.80. The molecule has 1 atom stereocenters. The van der Waals surface area contributed by atoms with E-state index in [4.69, 9.17) is 4.74 Å². The van der Waals surface area contributed by atoms with Gasteiger partial charge in [-0.3, -0.25) is 4.90 Å². The van der Waals surface area contributed by atoms with Crippen molar-refractivity contribution in [2.75, 3.05) is 32.7 Å². The number of fused-ring (bicyclic) bond motifs is 1. The predicted octanol–water partition coefficient (Wildman–Crippen LogP) is 6.24. The zero-order valence-electron chi connectivity index (χ0n) is 19.9. The summed E-state index contributed by atoms with van der Waals surface area (Å²) >= 11 is 3.55. The molecule has 8 heteroatoms. The van der Waals surface area contributed by atoms with E-state index in [0.717, 1.165) is 33.9 Å². The van der Waals surface area contributed by atoms with Crippen LogP contribution in [0, 0.1) is 12.8 Å². The number of aryl methyl sites for hydroxylation is 1. The maximum atomic E-state index is 15.4. The van der Waals surface area contributed by atoms with Crippen LogP contribution in [0.15, 0.2) is 28.7 Å². The molecule has 0 unspecified atom stereocenters. The zero-order valence-corrected chi connectivity index (χ0v) is 21.5. The summed E-state index contributed by atoms with van der Waals surface area (Å²) in [5.74, 6) is -2.49. The first-order valence-corrected chi connectivity index (χ1v) is 12.6. The Morgan fingerprint density at radius 1 is 1.18 bits per heavy atom. The number of benzene rings is 1. The van der Waals surface area contributed by atoms with Crippen LogP contribution in [0.3, 0.4) is 0 Å². The highest BCUT2D eigenvalue weighted by molar-refractivity contribution is 9.10. The summed E-state index contributed by atoms with van der Waals surface area (Å²) in [6.45, 7) is 9.81. The maximum absolute atomic E-state index is 15.4. The fourth-order valence-electron chi connectivity index (χ4n) is 5.22. The van der Waals surface area contributed by atoms with E-state index < -0.39 is 17.6 Å². The van der Waals surface area contributed by atoms with Crippen LogP contribution in [-0.4, -0.2) is 64.7 Å². The molecule has 0 spiro atoms. The number of piperidine rings is 2. The van der Waals surface area contributed by atoms with Crippen LogP contribution in [-0.2, 0) is 4.74 Å². The lowest BCUT2D eigenvalue weighted by Gasteiger charge is -2.42. The number of likely N-dealkylation sites (tertiary alicyclic amines) is 2. The van der Waals surface area contributed by atoms with Gasteiger partial charge < -0.3 is 14.2 Å². The van der Waals surface area contributed by atoms with E-state index in [2.05, 4.69) is 15.9 Å². The molecule has 2 fully saturated rings. The van der Waals surface area contributed by atoms with Crippen molar-refractivity contribution in [1.29, 1.82) is 0 Å². The molecule has 182 valence electrons. The molecular formula is C25H34BrF2N3O2. The second-order valence-corrected chi connectivity index (χ2v) is 11.4.